The summed E-state index contributed by atoms with van der Waals surface area (Å²) in [7, 11) is 1.53. The molecule has 0 radical (unpaired) electrons. The summed E-state index contributed by atoms with van der Waals surface area (Å²) in [6.45, 7) is 2.36. The summed E-state index contributed by atoms with van der Waals surface area (Å²) in [4.78, 5) is 16.7. The van der Waals surface area contributed by atoms with Crippen LogP contribution in [0.4, 0.5) is 11.4 Å². The maximum atomic E-state index is 12.6. The van der Waals surface area contributed by atoms with Crippen molar-refractivity contribution in [3.63, 3.8) is 0 Å². The molecule has 7 heteroatoms. The van der Waals surface area contributed by atoms with E-state index in [2.05, 4.69) is 15.6 Å². The monoisotopic (exact) mass is 371 g/mol. The van der Waals surface area contributed by atoms with Crippen molar-refractivity contribution < 1.29 is 13.9 Å². The Morgan fingerprint density at radius 3 is 2.88 bits per heavy atom. The van der Waals surface area contributed by atoms with Gasteiger partial charge in [0.2, 0.25) is 0 Å². The third-order valence-corrected chi connectivity index (χ3v) is 4.18. The molecule has 3 rings (SSSR count). The van der Waals surface area contributed by atoms with Crippen LogP contribution in [0.3, 0.4) is 0 Å². The molecule has 0 spiro atoms. The lowest BCUT2D eigenvalue weighted by Gasteiger charge is -2.12. The molecule has 1 amide bonds. The summed E-state index contributed by atoms with van der Waals surface area (Å²) in [5, 5.41) is 6.58. The molecule has 2 heterocycles. The van der Waals surface area contributed by atoms with Crippen LogP contribution in [0.15, 0.2) is 53.4 Å². The van der Waals surface area contributed by atoms with Crippen molar-refractivity contribution >= 4 is 28.9 Å². The molecule has 0 aliphatic carbocycles. The molecule has 26 heavy (non-hydrogen) atoms. The van der Waals surface area contributed by atoms with Crippen LogP contribution in [-0.2, 0) is 6.54 Å². The number of amides is 1. The number of carbonyl (C=O) groups excluding carboxylic acids is 1. The summed E-state index contributed by atoms with van der Waals surface area (Å²) in [6.07, 6.45) is 4.76. The van der Waals surface area contributed by atoms with Gasteiger partial charge in [0.05, 0.1) is 36.9 Å². The van der Waals surface area contributed by atoms with Gasteiger partial charge < -0.3 is 19.8 Å². The predicted molar refractivity (Wildman–Crippen MR) is 101 cm³/mol. The van der Waals surface area contributed by atoms with Crippen molar-refractivity contribution in [1.82, 2.24) is 4.98 Å². The Bertz CT molecular complexity index is 910. The van der Waals surface area contributed by atoms with Gasteiger partial charge in [0.25, 0.3) is 5.91 Å². The number of benzene rings is 1. The lowest BCUT2D eigenvalue weighted by Crippen LogP contribution is -2.13. The zero-order valence-corrected chi connectivity index (χ0v) is 15.1. The second-order valence-corrected chi connectivity index (χ2v) is 6.06. The van der Waals surface area contributed by atoms with Crippen LogP contribution in [0.1, 0.15) is 21.7 Å². The summed E-state index contributed by atoms with van der Waals surface area (Å²) in [6, 6.07) is 8.85. The number of aromatic nitrogens is 1. The molecular weight excluding hydrogens is 354 g/mol. The van der Waals surface area contributed by atoms with E-state index in [0.717, 1.165) is 11.3 Å². The number of hydrogen-bond acceptors (Lipinski definition) is 5. The Morgan fingerprint density at radius 2 is 2.15 bits per heavy atom. The van der Waals surface area contributed by atoms with Gasteiger partial charge in [-0.3, -0.25) is 9.78 Å². The number of halogens is 1. The van der Waals surface area contributed by atoms with E-state index in [1.165, 1.54) is 13.3 Å². The summed E-state index contributed by atoms with van der Waals surface area (Å²) in [5.41, 5.74) is 2.53. The maximum absolute atomic E-state index is 12.6. The highest BCUT2D eigenvalue weighted by molar-refractivity contribution is 6.31. The highest BCUT2D eigenvalue weighted by Gasteiger charge is 2.13. The van der Waals surface area contributed by atoms with Crippen molar-refractivity contribution in [2.75, 3.05) is 17.7 Å². The van der Waals surface area contributed by atoms with Gasteiger partial charge >= 0.3 is 0 Å². The van der Waals surface area contributed by atoms with Crippen LogP contribution in [0.5, 0.6) is 5.75 Å². The molecule has 0 saturated heterocycles. The third-order valence-electron chi connectivity index (χ3n) is 3.78. The molecule has 2 N–H and O–H groups in total. The molecule has 134 valence electrons. The number of pyridine rings is 1. The fourth-order valence-corrected chi connectivity index (χ4v) is 2.54. The number of anilines is 2. The molecule has 3 aromatic rings. The molecular formula is C19H18ClN3O3. The average Bonchev–Trinajstić information content (AvgIpc) is 3.16. The largest absolute Gasteiger partial charge is 0.495 e. The first kappa shape index (κ1) is 17.8. The van der Waals surface area contributed by atoms with Gasteiger partial charge in [0.1, 0.15) is 11.5 Å². The number of nitrogens with zero attached hydrogens (tertiary/aromatic N) is 1. The van der Waals surface area contributed by atoms with Crippen molar-refractivity contribution in [2.24, 2.45) is 0 Å². The molecule has 0 atom stereocenters. The highest BCUT2D eigenvalue weighted by atomic mass is 35.5. The van der Waals surface area contributed by atoms with E-state index in [0.29, 0.717) is 34.3 Å². The second-order valence-electron chi connectivity index (χ2n) is 5.65. The smallest absolute Gasteiger partial charge is 0.257 e. The van der Waals surface area contributed by atoms with Crippen LogP contribution in [0.25, 0.3) is 0 Å². The number of furan rings is 1. The van der Waals surface area contributed by atoms with E-state index in [1.807, 2.05) is 19.1 Å². The standard InChI is InChI=1S/C19H18ClN3O3/c1-12-6-17(18(25-2)8-16(12)20)23-19(24)13-7-14(10-21-9-13)22-11-15-4-3-5-26-15/h3-10,22H,11H2,1-2H3,(H,23,24). The zero-order valence-electron chi connectivity index (χ0n) is 14.4. The van der Waals surface area contributed by atoms with E-state index >= 15 is 0 Å². The molecule has 0 unspecified atom stereocenters. The lowest BCUT2D eigenvalue weighted by atomic mass is 10.2. The SMILES string of the molecule is COc1cc(Cl)c(C)cc1NC(=O)c1cncc(NCc2ccco2)c1. The first-order valence-corrected chi connectivity index (χ1v) is 8.31. The van der Waals surface area contributed by atoms with Crippen LogP contribution >= 0.6 is 11.6 Å². The number of methoxy groups -OCH3 is 1. The maximum Gasteiger partial charge on any atom is 0.257 e. The molecule has 0 bridgehead atoms. The molecule has 0 fully saturated rings. The van der Waals surface area contributed by atoms with Crippen molar-refractivity contribution in [3.8, 4) is 5.75 Å². The van der Waals surface area contributed by atoms with E-state index in [4.69, 9.17) is 20.8 Å². The minimum Gasteiger partial charge on any atom is -0.495 e. The summed E-state index contributed by atoms with van der Waals surface area (Å²) in [5.74, 6) is 0.995. The summed E-state index contributed by atoms with van der Waals surface area (Å²) >= 11 is 6.10. The fraction of sp³-hybridized carbons (Fsp3) is 0.158. The Hall–Kier alpha value is -2.99. The number of aryl methyl sites for hydroxylation is 1. The van der Waals surface area contributed by atoms with Crippen molar-refractivity contribution in [1.29, 1.82) is 0 Å². The van der Waals surface area contributed by atoms with Gasteiger partial charge in [-0.05, 0) is 36.8 Å². The van der Waals surface area contributed by atoms with Gasteiger partial charge in [-0.1, -0.05) is 11.6 Å². The van der Waals surface area contributed by atoms with E-state index in [1.54, 1.807) is 30.7 Å². The lowest BCUT2D eigenvalue weighted by molar-refractivity contribution is 0.102. The van der Waals surface area contributed by atoms with E-state index in [-0.39, 0.29) is 5.91 Å². The molecule has 0 aliphatic rings. The minimum atomic E-state index is -0.292. The quantitative estimate of drug-likeness (QED) is 0.666. The number of nitrogens with one attached hydrogen (secondary N) is 2. The van der Waals surface area contributed by atoms with E-state index < -0.39 is 0 Å². The van der Waals surface area contributed by atoms with E-state index in [9.17, 15) is 4.79 Å². The Kier molecular flexibility index (Phi) is 5.43. The number of rotatable bonds is 6. The first-order valence-electron chi connectivity index (χ1n) is 7.93. The van der Waals surface area contributed by atoms with Crippen LogP contribution < -0.4 is 15.4 Å². The van der Waals surface area contributed by atoms with Gasteiger partial charge in [0, 0.05) is 23.5 Å². The molecule has 0 saturated carbocycles. The summed E-state index contributed by atoms with van der Waals surface area (Å²) < 4.78 is 10.6. The van der Waals surface area contributed by atoms with Crippen molar-refractivity contribution in [2.45, 2.75) is 13.5 Å². The van der Waals surface area contributed by atoms with Crippen LogP contribution in [-0.4, -0.2) is 18.0 Å². The first-order chi connectivity index (χ1) is 12.6. The molecule has 0 aliphatic heterocycles. The van der Waals surface area contributed by atoms with Gasteiger partial charge in [0.15, 0.2) is 0 Å². The Morgan fingerprint density at radius 1 is 1.31 bits per heavy atom. The Labute approximate surface area is 156 Å². The zero-order chi connectivity index (χ0) is 18.5. The number of hydrogen-bond donors (Lipinski definition) is 2. The van der Waals surface area contributed by atoms with Crippen LogP contribution in [0.2, 0.25) is 5.02 Å². The fourth-order valence-electron chi connectivity index (χ4n) is 2.39. The van der Waals surface area contributed by atoms with Crippen molar-refractivity contribution in [3.05, 3.63) is 70.9 Å². The minimum absolute atomic E-state index is 0.292. The predicted octanol–water partition coefficient (Wildman–Crippen LogP) is 4.51. The van der Waals surface area contributed by atoms with Crippen LogP contribution in [0, 0.1) is 6.92 Å². The van der Waals surface area contributed by atoms with Gasteiger partial charge in [-0.2, -0.15) is 0 Å². The average molecular weight is 372 g/mol. The highest BCUT2D eigenvalue weighted by Crippen LogP contribution is 2.31. The Balaban J connectivity index is 1.74. The van der Waals surface area contributed by atoms with Gasteiger partial charge in [-0.15, -0.1) is 0 Å². The normalized spacial score (nSPS) is 10.4. The number of ether oxygens (including phenoxy) is 1. The molecule has 6 nitrogen and oxygen atoms in total. The molecule has 1 aromatic carbocycles. The molecule has 2 aromatic heterocycles. The number of carbonyl (C=O) groups is 1. The third kappa shape index (κ3) is 4.15. The van der Waals surface area contributed by atoms with Gasteiger partial charge in [-0.25, -0.2) is 0 Å². The topological polar surface area (TPSA) is 76.4 Å². The second kappa shape index (κ2) is 7.93.